The largest absolute Gasteiger partial charge is 0.467 e. The van der Waals surface area contributed by atoms with Crippen LogP contribution in [-0.2, 0) is 6.54 Å². The van der Waals surface area contributed by atoms with E-state index in [2.05, 4.69) is 5.32 Å². The van der Waals surface area contributed by atoms with E-state index in [1.54, 1.807) is 17.6 Å². The molecule has 4 rings (SSSR count). The van der Waals surface area contributed by atoms with Gasteiger partial charge in [0.05, 0.1) is 28.0 Å². The lowest BCUT2D eigenvalue weighted by molar-refractivity contribution is 0.180. The number of amides is 2. The van der Waals surface area contributed by atoms with Gasteiger partial charge in [0.25, 0.3) is 0 Å². The normalized spacial score (nSPS) is 15.6. The van der Waals surface area contributed by atoms with Gasteiger partial charge >= 0.3 is 6.03 Å². The number of benzene rings is 1. The number of fused-ring (bicyclic) bond motifs is 1. The molecule has 7 heteroatoms. The molecule has 1 N–H and O–H groups in total. The molecule has 0 bridgehead atoms. The first-order valence-corrected chi connectivity index (χ1v) is 9.49. The molecular formula is C18H18ClN3O2S. The highest BCUT2D eigenvalue weighted by Crippen LogP contribution is 2.34. The zero-order chi connectivity index (χ0) is 17.2. The zero-order valence-electron chi connectivity index (χ0n) is 13.6. The number of likely N-dealkylation sites (tertiary alicyclic amines) is 1. The zero-order valence-corrected chi connectivity index (χ0v) is 15.1. The quantitative estimate of drug-likeness (QED) is 0.725. The average molecular weight is 376 g/mol. The number of rotatable bonds is 3. The fraction of sp³-hybridized carbons (Fsp3) is 0.333. The molecule has 1 aromatic carbocycles. The minimum Gasteiger partial charge on any atom is -0.467 e. The molecule has 25 heavy (non-hydrogen) atoms. The van der Waals surface area contributed by atoms with Gasteiger partial charge in [-0.3, -0.25) is 0 Å². The van der Waals surface area contributed by atoms with Gasteiger partial charge in [-0.05, 0) is 43.2 Å². The van der Waals surface area contributed by atoms with Crippen molar-refractivity contribution in [2.45, 2.75) is 25.3 Å². The fourth-order valence-electron chi connectivity index (χ4n) is 3.11. The summed E-state index contributed by atoms with van der Waals surface area (Å²) in [5.74, 6) is 1.17. The van der Waals surface area contributed by atoms with Gasteiger partial charge < -0.3 is 14.6 Å². The lowest BCUT2D eigenvalue weighted by Crippen LogP contribution is -2.43. The average Bonchev–Trinajstić information content (AvgIpc) is 3.29. The fourth-order valence-corrected chi connectivity index (χ4v) is 4.39. The van der Waals surface area contributed by atoms with E-state index < -0.39 is 0 Å². The highest BCUT2D eigenvalue weighted by Gasteiger charge is 2.26. The summed E-state index contributed by atoms with van der Waals surface area (Å²) in [6.07, 6.45) is 3.47. The van der Waals surface area contributed by atoms with Crippen LogP contribution in [0.25, 0.3) is 10.2 Å². The molecule has 5 nitrogen and oxygen atoms in total. The number of nitrogens with zero attached hydrogens (tertiary/aromatic N) is 2. The monoisotopic (exact) mass is 375 g/mol. The van der Waals surface area contributed by atoms with E-state index in [4.69, 9.17) is 21.0 Å². The van der Waals surface area contributed by atoms with Crippen molar-refractivity contribution in [3.63, 3.8) is 0 Å². The maximum absolute atomic E-state index is 12.3. The van der Waals surface area contributed by atoms with Gasteiger partial charge in [-0.25, -0.2) is 9.78 Å². The summed E-state index contributed by atoms with van der Waals surface area (Å²) in [7, 11) is 0. The molecule has 130 valence electrons. The summed E-state index contributed by atoms with van der Waals surface area (Å²) in [6, 6.07) is 9.47. The van der Waals surface area contributed by atoms with Gasteiger partial charge in [0, 0.05) is 24.0 Å². The molecule has 1 saturated heterocycles. The summed E-state index contributed by atoms with van der Waals surface area (Å²) >= 11 is 7.77. The van der Waals surface area contributed by atoms with Crippen LogP contribution in [0.15, 0.2) is 41.0 Å². The number of furan rings is 1. The molecule has 1 fully saturated rings. The molecule has 3 aromatic rings. The molecule has 0 atom stereocenters. The van der Waals surface area contributed by atoms with Crippen LogP contribution in [0.5, 0.6) is 0 Å². The Labute approximate surface area is 154 Å². The molecule has 0 saturated carbocycles. The van der Waals surface area contributed by atoms with Crippen LogP contribution in [0.3, 0.4) is 0 Å². The minimum absolute atomic E-state index is 0.0362. The maximum Gasteiger partial charge on any atom is 0.317 e. The number of hydrogen-bond donors (Lipinski definition) is 1. The van der Waals surface area contributed by atoms with Gasteiger partial charge in [0.2, 0.25) is 0 Å². The Morgan fingerprint density at radius 2 is 2.20 bits per heavy atom. The first kappa shape index (κ1) is 16.4. The summed E-state index contributed by atoms with van der Waals surface area (Å²) < 4.78 is 6.40. The predicted molar refractivity (Wildman–Crippen MR) is 99.1 cm³/mol. The number of carbonyl (C=O) groups excluding carboxylic acids is 1. The lowest BCUT2D eigenvalue weighted by Gasteiger charge is -2.31. The molecular weight excluding hydrogens is 358 g/mol. The Hall–Kier alpha value is -2.05. The van der Waals surface area contributed by atoms with Crippen molar-refractivity contribution < 1.29 is 9.21 Å². The van der Waals surface area contributed by atoms with Crippen molar-refractivity contribution in [3.05, 3.63) is 52.4 Å². The van der Waals surface area contributed by atoms with E-state index in [-0.39, 0.29) is 6.03 Å². The maximum atomic E-state index is 12.3. The molecule has 3 heterocycles. The summed E-state index contributed by atoms with van der Waals surface area (Å²) in [5, 5.41) is 4.76. The number of piperidine rings is 1. The van der Waals surface area contributed by atoms with Gasteiger partial charge in [-0.15, -0.1) is 11.3 Å². The van der Waals surface area contributed by atoms with Crippen molar-refractivity contribution in [1.29, 1.82) is 0 Å². The van der Waals surface area contributed by atoms with Crippen LogP contribution in [0.1, 0.15) is 29.5 Å². The molecule has 2 amide bonds. The Bertz CT molecular complexity index is 870. The van der Waals surface area contributed by atoms with Crippen molar-refractivity contribution >= 4 is 39.2 Å². The van der Waals surface area contributed by atoms with E-state index in [0.717, 1.165) is 46.9 Å². The van der Waals surface area contributed by atoms with E-state index >= 15 is 0 Å². The first-order chi connectivity index (χ1) is 12.2. The Kier molecular flexibility index (Phi) is 4.63. The molecule has 2 aromatic heterocycles. The van der Waals surface area contributed by atoms with Crippen LogP contribution in [0.2, 0.25) is 5.02 Å². The number of urea groups is 1. The third-order valence-electron chi connectivity index (χ3n) is 4.49. The SMILES string of the molecule is O=C(NCc1ccco1)N1CCC(c2nc3cc(Cl)ccc3s2)CC1. The van der Waals surface area contributed by atoms with Crippen molar-refractivity contribution in [2.24, 2.45) is 0 Å². The van der Waals surface area contributed by atoms with E-state index in [1.165, 1.54) is 0 Å². The van der Waals surface area contributed by atoms with E-state index in [1.807, 2.05) is 35.2 Å². The molecule has 1 aliphatic heterocycles. The van der Waals surface area contributed by atoms with Crippen LogP contribution >= 0.6 is 22.9 Å². The third-order valence-corrected chi connectivity index (χ3v) is 5.93. The number of nitrogens with one attached hydrogen (secondary N) is 1. The highest BCUT2D eigenvalue weighted by molar-refractivity contribution is 7.18. The molecule has 0 unspecified atom stereocenters. The van der Waals surface area contributed by atoms with Crippen LogP contribution in [0, 0.1) is 0 Å². The number of aromatic nitrogens is 1. The second-order valence-electron chi connectivity index (χ2n) is 6.16. The lowest BCUT2D eigenvalue weighted by atomic mass is 9.98. The van der Waals surface area contributed by atoms with Crippen LogP contribution < -0.4 is 5.32 Å². The number of carbonyl (C=O) groups is 1. The number of halogens is 1. The second-order valence-corrected chi connectivity index (χ2v) is 7.66. The predicted octanol–water partition coefficient (Wildman–Crippen LogP) is 4.63. The van der Waals surface area contributed by atoms with Crippen LogP contribution in [0.4, 0.5) is 4.79 Å². The van der Waals surface area contributed by atoms with Gasteiger partial charge in [0.15, 0.2) is 0 Å². The van der Waals surface area contributed by atoms with E-state index in [0.29, 0.717) is 17.5 Å². The van der Waals surface area contributed by atoms with Crippen molar-refractivity contribution in [1.82, 2.24) is 15.2 Å². The summed E-state index contributed by atoms with van der Waals surface area (Å²) in [5.41, 5.74) is 0.964. The molecule has 1 aliphatic rings. The standard InChI is InChI=1S/C18H18ClN3O2S/c19-13-3-4-16-15(10-13)21-17(25-16)12-5-7-22(8-6-12)18(23)20-11-14-2-1-9-24-14/h1-4,9-10,12H,5-8,11H2,(H,20,23). The summed E-state index contributed by atoms with van der Waals surface area (Å²) in [6.45, 7) is 1.90. The van der Waals surface area contributed by atoms with Gasteiger partial charge in [-0.2, -0.15) is 0 Å². The Balaban J connectivity index is 1.34. The number of thiazole rings is 1. The Morgan fingerprint density at radius 1 is 1.36 bits per heavy atom. The minimum atomic E-state index is -0.0362. The Morgan fingerprint density at radius 3 is 2.96 bits per heavy atom. The molecule has 0 aliphatic carbocycles. The third kappa shape index (κ3) is 3.65. The van der Waals surface area contributed by atoms with Crippen molar-refractivity contribution in [2.75, 3.05) is 13.1 Å². The van der Waals surface area contributed by atoms with Crippen molar-refractivity contribution in [3.8, 4) is 0 Å². The highest BCUT2D eigenvalue weighted by atomic mass is 35.5. The molecule has 0 spiro atoms. The smallest absolute Gasteiger partial charge is 0.317 e. The van der Waals surface area contributed by atoms with Gasteiger partial charge in [0.1, 0.15) is 5.76 Å². The summed E-state index contributed by atoms with van der Waals surface area (Å²) in [4.78, 5) is 18.9. The second kappa shape index (κ2) is 7.06. The van der Waals surface area contributed by atoms with Gasteiger partial charge in [-0.1, -0.05) is 11.6 Å². The molecule has 0 radical (unpaired) electrons. The van der Waals surface area contributed by atoms with Crippen LogP contribution in [-0.4, -0.2) is 29.0 Å². The topological polar surface area (TPSA) is 58.4 Å². The van der Waals surface area contributed by atoms with E-state index in [9.17, 15) is 4.79 Å². The first-order valence-electron chi connectivity index (χ1n) is 8.30. The number of hydrogen-bond acceptors (Lipinski definition) is 4.